The average Bonchev–Trinajstić information content (AvgIpc) is 3.64. The Morgan fingerprint density at radius 2 is 1.66 bits per heavy atom. The van der Waals surface area contributed by atoms with Gasteiger partial charge in [-0.05, 0) is 23.1 Å². The zero-order chi connectivity index (χ0) is 29.9. The topological polar surface area (TPSA) is 210 Å². The molecule has 2 unspecified atom stereocenters. The van der Waals surface area contributed by atoms with E-state index < -0.39 is 62.0 Å². The van der Waals surface area contributed by atoms with E-state index in [9.17, 15) is 48.1 Å². The first kappa shape index (κ1) is 29.2. The number of carboxylic acids is 1. The van der Waals surface area contributed by atoms with Gasteiger partial charge in [-0.15, -0.1) is 11.3 Å². The van der Waals surface area contributed by atoms with E-state index in [0.717, 1.165) is 38.7 Å². The van der Waals surface area contributed by atoms with Gasteiger partial charge in [0.2, 0.25) is 0 Å². The van der Waals surface area contributed by atoms with Crippen LogP contribution in [0.2, 0.25) is 0 Å². The SMILES string of the molecule is O=C(O)CC(NC(=O)C1N(C(=O)c2cccc([N+](=O)[O-])c2)CCN1S(=O)(=O)c1cccs1)c1cccc([N+](=O)[O-])c1. The van der Waals surface area contributed by atoms with E-state index in [1.165, 1.54) is 47.8 Å². The summed E-state index contributed by atoms with van der Waals surface area (Å²) < 4.78 is 27.6. The van der Waals surface area contributed by atoms with Crippen molar-refractivity contribution in [2.24, 2.45) is 0 Å². The molecule has 0 bridgehead atoms. The predicted octanol–water partition coefficient (Wildman–Crippen LogP) is 2.37. The van der Waals surface area contributed by atoms with Crippen LogP contribution in [0.4, 0.5) is 11.4 Å². The van der Waals surface area contributed by atoms with Gasteiger partial charge in [-0.1, -0.05) is 24.3 Å². The number of nitrogens with one attached hydrogen (secondary N) is 1. The highest BCUT2D eigenvalue weighted by Crippen LogP contribution is 2.30. The van der Waals surface area contributed by atoms with Crippen LogP contribution in [0, 0.1) is 20.2 Å². The quantitative estimate of drug-likeness (QED) is 0.255. The Kier molecular flexibility index (Phi) is 8.41. The van der Waals surface area contributed by atoms with Crippen molar-refractivity contribution >= 4 is 50.5 Å². The lowest BCUT2D eigenvalue weighted by Crippen LogP contribution is -2.54. The Morgan fingerprint density at radius 1 is 1.00 bits per heavy atom. The van der Waals surface area contributed by atoms with Crippen LogP contribution < -0.4 is 5.32 Å². The minimum absolute atomic E-state index is 0.0668. The fourth-order valence-electron chi connectivity index (χ4n) is 4.32. The molecule has 0 aliphatic carbocycles. The summed E-state index contributed by atoms with van der Waals surface area (Å²) in [6.45, 7) is -0.565. The third-order valence-electron chi connectivity index (χ3n) is 6.17. The summed E-state index contributed by atoms with van der Waals surface area (Å²) in [5.74, 6) is -3.30. The number of hydrogen-bond donors (Lipinski definition) is 2. The number of nitrogens with zero attached hydrogens (tertiary/aromatic N) is 4. The van der Waals surface area contributed by atoms with E-state index in [1.807, 2.05) is 0 Å². The van der Waals surface area contributed by atoms with Crippen molar-refractivity contribution in [3.63, 3.8) is 0 Å². The lowest BCUT2D eigenvalue weighted by molar-refractivity contribution is -0.385. The molecule has 4 rings (SSSR count). The summed E-state index contributed by atoms with van der Waals surface area (Å²) in [5.41, 5.74) is -0.867. The average molecular weight is 604 g/mol. The molecule has 0 spiro atoms. The van der Waals surface area contributed by atoms with Crippen molar-refractivity contribution in [2.45, 2.75) is 22.8 Å². The van der Waals surface area contributed by atoms with Crippen LogP contribution in [0.3, 0.4) is 0 Å². The summed E-state index contributed by atoms with van der Waals surface area (Å²) in [7, 11) is -4.32. The Bertz CT molecular complexity index is 1630. The van der Waals surface area contributed by atoms with E-state index in [1.54, 1.807) is 0 Å². The van der Waals surface area contributed by atoms with Crippen LogP contribution in [-0.4, -0.2) is 69.6 Å². The fraction of sp³-hybridized carbons (Fsp3) is 0.208. The van der Waals surface area contributed by atoms with E-state index in [4.69, 9.17) is 0 Å². The Morgan fingerprint density at radius 3 is 2.27 bits per heavy atom. The Hall–Kier alpha value is -4.74. The summed E-state index contributed by atoms with van der Waals surface area (Å²) in [6.07, 6.45) is -2.51. The van der Waals surface area contributed by atoms with Crippen LogP contribution >= 0.6 is 11.3 Å². The number of non-ortho nitro benzene ring substituents is 2. The van der Waals surface area contributed by atoms with Crippen molar-refractivity contribution in [1.82, 2.24) is 14.5 Å². The highest BCUT2D eigenvalue weighted by molar-refractivity contribution is 7.91. The van der Waals surface area contributed by atoms with Gasteiger partial charge in [0, 0.05) is 42.9 Å². The summed E-state index contributed by atoms with van der Waals surface area (Å²) in [6, 6.07) is 11.1. The van der Waals surface area contributed by atoms with E-state index in [0.29, 0.717) is 0 Å². The number of carboxylic acid groups (broad SMARTS) is 1. The number of thiophene rings is 1. The van der Waals surface area contributed by atoms with Gasteiger partial charge in [-0.3, -0.25) is 34.6 Å². The Balaban J connectivity index is 1.74. The van der Waals surface area contributed by atoms with Gasteiger partial charge >= 0.3 is 5.97 Å². The van der Waals surface area contributed by atoms with Crippen molar-refractivity contribution < 1.29 is 37.8 Å². The first-order valence-corrected chi connectivity index (χ1v) is 14.1. The molecule has 1 aromatic heterocycles. The zero-order valence-corrected chi connectivity index (χ0v) is 22.5. The second-order valence-electron chi connectivity index (χ2n) is 8.74. The van der Waals surface area contributed by atoms with Gasteiger partial charge in [-0.2, -0.15) is 4.31 Å². The number of nitro benzene ring substituents is 2. The van der Waals surface area contributed by atoms with E-state index >= 15 is 0 Å². The fourth-order valence-corrected chi connectivity index (χ4v) is 6.98. The first-order valence-electron chi connectivity index (χ1n) is 11.8. The number of carbonyl (C=O) groups excluding carboxylic acids is 2. The molecule has 0 radical (unpaired) electrons. The monoisotopic (exact) mass is 603 g/mol. The molecule has 3 aromatic rings. The number of benzene rings is 2. The number of hydrogen-bond acceptors (Lipinski definition) is 10. The highest BCUT2D eigenvalue weighted by atomic mass is 32.2. The molecule has 41 heavy (non-hydrogen) atoms. The largest absolute Gasteiger partial charge is 0.481 e. The molecule has 2 heterocycles. The smallest absolute Gasteiger partial charge is 0.305 e. The van der Waals surface area contributed by atoms with Crippen LogP contribution in [-0.2, 0) is 19.6 Å². The normalized spacial score (nSPS) is 16.2. The molecule has 1 saturated heterocycles. The molecule has 1 aliphatic rings. The van der Waals surface area contributed by atoms with Gasteiger partial charge in [0.15, 0.2) is 6.17 Å². The van der Waals surface area contributed by atoms with Gasteiger partial charge in [0.05, 0.1) is 22.3 Å². The van der Waals surface area contributed by atoms with Gasteiger partial charge in [0.1, 0.15) is 4.21 Å². The molecule has 2 aromatic carbocycles. The minimum atomic E-state index is -4.32. The number of nitro groups is 2. The van der Waals surface area contributed by atoms with Crippen LogP contribution in [0.5, 0.6) is 0 Å². The molecule has 0 saturated carbocycles. The molecule has 214 valence electrons. The number of rotatable bonds is 10. The second kappa shape index (κ2) is 11.8. The van der Waals surface area contributed by atoms with Crippen LogP contribution in [0.25, 0.3) is 0 Å². The lowest BCUT2D eigenvalue weighted by Gasteiger charge is -2.30. The van der Waals surface area contributed by atoms with Gasteiger partial charge < -0.3 is 15.3 Å². The summed E-state index contributed by atoms with van der Waals surface area (Å²) >= 11 is 0.884. The van der Waals surface area contributed by atoms with Crippen molar-refractivity contribution in [1.29, 1.82) is 0 Å². The summed E-state index contributed by atoms with van der Waals surface area (Å²) in [5, 5.41) is 35.9. The zero-order valence-electron chi connectivity index (χ0n) is 20.9. The molecule has 15 nitrogen and oxygen atoms in total. The number of carbonyl (C=O) groups is 3. The Labute approximate surface area is 236 Å². The summed E-state index contributed by atoms with van der Waals surface area (Å²) in [4.78, 5) is 60.8. The molecular formula is C24H21N5O10S2. The van der Waals surface area contributed by atoms with Crippen molar-refractivity contribution in [3.05, 3.63) is 97.4 Å². The van der Waals surface area contributed by atoms with Crippen LogP contribution in [0.1, 0.15) is 28.4 Å². The number of aliphatic carboxylic acids is 1. The van der Waals surface area contributed by atoms with E-state index in [2.05, 4.69) is 5.32 Å². The molecule has 17 heteroatoms. The lowest BCUT2D eigenvalue weighted by atomic mass is 10.0. The minimum Gasteiger partial charge on any atom is -0.481 e. The van der Waals surface area contributed by atoms with Crippen molar-refractivity contribution in [2.75, 3.05) is 13.1 Å². The number of amides is 2. The predicted molar refractivity (Wildman–Crippen MR) is 142 cm³/mol. The molecule has 2 amide bonds. The third-order valence-corrected chi connectivity index (χ3v) is 9.39. The molecule has 2 atom stereocenters. The number of sulfonamides is 1. The molecule has 1 aliphatic heterocycles. The standard InChI is InChI=1S/C24H21N5O10S2/c30-20(31)14-19(15-4-1-6-17(12-15)28(34)35)25-22(32)23-26(24(33)16-5-2-7-18(13-16)29(36)37)9-10-27(23)41(38,39)21-8-3-11-40-21/h1-8,11-13,19,23H,9-10,14H2,(H,25,32)(H,30,31). The molecule has 1 fully saturated rings. The van der Waals surface area contributed by atoms with E-state index in [-0.39, 0.29) is 34.1 Å². The maximum atomic E-state index is 13.7. The molecular weight excluding hydrogens is 582 g/mol. The molecule has 2 N–H and O–H groups in total. The van der Waals surface area contributed by atoms with Crippen molar-refractivity contribution in [3.8, 4) is 0 Å². The first-order chi connectivity index (χ1) is 19.4. The maximum absolute atomic E-state index is 13.7. The van der Waals surface area contributed by atoms with Crippen LogP contribution in [0.15, 0.2) is 70.3 Å². The second-order valence-corrected chi connectivity index (χ2v) is 11.8. The highest BCUT2D eigenvalue weighted by Gasteiger charge is 2.47. The van der Waals surface area contributed by atoms with Gasteiger partial charge in [-0.25, -0.2) is 8.42 Å². The maximum Gasteiger partial charge on any atom is 0.305 e. The third kappa shape index (κ3) is 6.21. The van der Waals surface area contributed by atoms with Gasteiger partial charge in [0.25, 0.3) is 33.2 Å².